The molecular formula is C8H10N5O2S+. The highest BCUT2D eigenvalue weighted by Crippen LogP contribution is 2.03. The van der Waals surface area contributed by atoms with E-state index < -0.39 is 5.03 Å². The highest BCUT2D eigenvalue weighted by molar-refractivity contribution is 7.80. The van der Waals surface area contributed by atoms with Crippen LogP contribution in [-0.4, -0.2) is 16.1 Å². The van der Waals surface area contributed by atoms with Crippen molar-refractivity contribution in [2.75, 3.05) is 5.32 Å². The van der Waals surface area contributed by atoms with Crippen molar-refractivity contribution in [1.82, 2.24) is 5.43 Å². The topological polar surface area (TPSA) is 107 Å². The lowest BCUT2D eigenvalue weighted by Crippen LogP contribution is -2.83. The van der Waals surface area contributed by atoms with Gasteiger partial charge >= 0.3 is 5.96 Å². The molecule has 0 aromatic heterocycles. The Balaban J connectivity index is 2.57. The second-order valence-corrected chi connectivity index (χ2v) is 3.14. The summed E-state index contributed by atoms with van der Waals surface area (Å²) in [6.07, 6.45) is 0. The summed E-state index contributed by atoms with van der Waals surface area (Å²) in [6.45, 7) is 0. The zero-order chi connectivity index (χ0) is 12.0. The van der Waals surface area contributed by atoms with Gasteiger partial charge in [0.15, 0.2) is 0 Å². The molecular weight excluding hydrogens is 230 g/mol. The van der Waals surface area contributed by atoms with Crippen LogP contribution in [0.15, 0.2) is 30.3 Å². The lowest BCUT2D eigenvalue weighted by molar-refractivity contribution is -0.534. The Bertz CT molecular complexity index is 420. The molecule has 7 nitrogen and oxygen atoms in total. The minimum Gasteiger partial charge on any atom is -0.306 e. The highest BCUT2D eigenvalue weighted by Gasteiger charge is 2.06. The molecule has 0 aliphatic heterocycles. The van der Waals surface area contributed by atoms with Crippen LogP contribution in [0.4, 0.5) is 5.69 Å². The first-order valence-electron chi connectivity index (χ1n) is 4.24. The molecule has 1 rings (SSSR count). The van der Waals surface area contributed by atoms with Crippen molar-refractivity contribution < 1.29 is 10.0 Å². The molecule has 0 radical (unpaired) electrons. The summed E-state index contributed by atoms with van der Waals surface area (Å²) in [5.41, 5.74) is 7.75. The number of nitrogens with one attached hydrogen (secondary N) is 3. The summed E-state index contributed by atoms with van der Waals surface area (Å²) in [5.74, 6) is -0.251. The summed E-state index contributed by atoms with van der Waals surface area (Å²) in [6, 6.07) is 9.10. The third-order valence-electron chi connectivity index (χ3n) is 1.49. The van der Waals surface area contributed by atoms with E-state index in [-0.39, 0.29) is 11.1 Å². The van der Waals surface area contributed by atoms with Gasteiger partial charge in [0.2, 0.25) is 5.03 Å². The Morgan fingerprint density at radius 3 is 2.62 bits per heavy atom. The fourth-order valence-electron chi connectivity index (χ4n) is 0.932. The van der Waals surface area contributed by atoms with Gasteiger partial charge in [0.05, 0.1) is 5.69 Å². The van der Waals surface area contributed by atoms with Crippen molar-refractivity contribution in [3.8, 4) is 0 Å². The molecule has 0 aliphatic carbocycles. The normalized spacial score (nSPS) is 10.6. The number of anilines is 1. The molecule has 0 aliphatic rings. The van der Waals surface area contributed by atoms with E-state index in [4.69, 9.17) is 18.0 Å². The summed E-state index contributed by atoms with van der Waals surface area (Å²) >= 11 is 4.88. The van der Waals surface area contributed by atoms with Crippen LogP contribution >= 0.6 is 12.2 Å². The fraction of sp³-hybridized carbons (Fsp3) is 0. The van der Waals surface area contributed by atoms with Gasteiger partial charge in [0, 0.05) is 0 Å². The SMILES string of the molecule is NC(N[N+](=O)[O-])=[NH+]C(=S)Nc1ccccc1. The van der Waals surface area contributed by atoms with Crippen LogP contribution in [0, 0.1) is 10.1 Å². The molecule has 5 N–H and O–H groups in total. The highest BCUT2D eigenvalue weighted by atomic mass is 32.1. The average molecular weight is 240 g/mol. The number of rotatable bonds is 2. The molecule has 1 aromatic carbocycles. The summed E-state index contributed by atoms with van der Waals surface area (Å²) in [5, 5.41) is 12.2. The van der Waals surface area contributed by atoms with Gasteiger partial charge in [-0.2, -0.15) is 0 Å². The summed E-state index contributed by atoms with van der Waals surface area (Å²) < 4.78 is 0. The van der Waals surface area contributed by atoms with Crippen molar-refractivity contribution in [2.24, 2.45) is 5.73 Å². The van der Waals surface area contributed by atoms with E-state index in [9.17, 15) is 10.1 Å². The standard InChI is InChI=1S/C8H9N5O2S/c9-7(12-13(14)15)11-8(16)10-6-4-2-1-3-5-6/h1-5H,(H4,9,10,11,12,16)/p+1. The van der Waals surface area contributed by atoms with Gasteiger partial charge in [-0.15, -0.1) is 0 Å². The van der Waals surface area contributed by atoms with E-state index in [0.717, 1.165) is 5.69 Å². The van der Waals surface area contributed by atoms with E-state index >= 15 is 0 Å². The minimum atomic E-state index is -0.784. The maximum absolute atomic E-state index is 10.0. The van der Waals surface area contributed by atoms with Crippen LogP contribution in [0.25, 0.3) is 0 Å². The monoisotopic (exact) mass is 240 g/mol. The Kier molecular flexibility index (Phi) is 4.16. The molecule has 8 heteroatoms. The van der Waals surface area contributed by atoms with Gasteiger partial charge in [0.25, 0.3) is 5.11 Å². The first-order valence-corrected chi connectivity index (χ1v) is 4.65. The van der Waals surface area contributed by atoms with Crippen LogP contribution < -0.4 is 21.5 Å². The smallest absolute Gasteiger partial charge is 0.306 e. The van der Waals surface area contributed by atoms with E-state index in [1.165, 1.54) is 0 Å². The van der Waals surface area contributed by atoms with Crippen LogP contribution in [0.5, 0.6) is 0 Å². The Labute approximate surface area is 96.5 Å². The van der Waals surface area contributed by atoms with Gasteiger partial charge in [-0.1, -0.05) is 18.2 Å². The number of hydrazine groups is 1. The first kappa shape index (κ1) is 11.9. The number of guanidine groups is 1. The lowest BCUT2D eigenvalue weighted by Gasteiger charge is -1.99. The maximum Gasteiger partial charge on any atom is 0.367 e. The molecule has 84 valence electrons. The Hall–Kier alpha value is -2.22. The number of nitro groups is 1. The van der Waals surface area contributed by atoms with Crippen LogP contribution in [-0.2, 0) is 0 Å². The summed E-state index contributed by atoms with van der Waals surface area (Å²) in [7, 11) is 0. The number of para-hydroxylation sites is 1. The molecule has 0 fully saturated rings. The first-order chi connectivity index (χ1) is 7.58. The number of hydrogen-bond donors (Lipinski definition) is 4. The molecule has 0 amide bonds. The molecule has 0 atom stereocenters. The van der Waals surface area contributed by atoms with Crippen molar-refractivity contribution in [3.05, 3.63) is 40.4 Å². The minimum absolute atomic E-state index is 0.165. The zero-order valence-corrected chi connectivity index (χ0v) is 8.95. The van der Waals surface area contributed by atoms with Gasteiger partial charge < -0.3 is 5.73 Å². The third-order valence-corrected chi connectivity index (χ3v) is 1.70. The van der Waals surface area contributed by atoms with Crippen LogP contribution in [0.2, 0.25) is 0 Å². The number of hydrogen-bond acceptors (Lipinski definition) is 3. The number of thiocarbonyl (C=S) groups is 1. The quantitative estimate of drug-likeness (QED) is 0.166. The van der Waals surface area contributed by atoms with Gasteiger partial charge in [-0.05, 0) is 29.8 Å². The molecule has 0 unspecified atom stereocenters. The number of benzene rings is 1. The van der Waals surface area contributed by atoms with Crippen molar-refractivity contribution in [3.63, 3.8) is 0 Å². The van der Waals surface area contributed by atoms with Crippen molar-refractivity contribution >= 4 is 29.0 Å². The van der Waals surface area contributed by atoms with Crippen molar-refractivity contribution in [1.29, 1.82) is 0 Å². The largest absolute Gasteiger partial charge is 0.367 e. The van der Waals surface area contributed by atoms with E-state index in [1.807, 2.05) is 18.2 Å². The van der Waals surface area contributed by atoms with Crippen LogP contribution in [0.3, 0.4) is 0 Å². The van der Waals surface area contributed by atoms with Crippen LogP contribution in [0.1, 0.15) is 0 Å². The summed E-state index contributed by atoms with van der Waals surface area (Å²) in [4.78, 5) is 12.5. The molecule has 0 saturated carbocycles. The van der Waals surface area contributed by atoms with Gasteiger partial charge in [0.1, 0.15) is 0 Å². The van der Waals surface area contributed by atoms with E-state index in [0.29, 0.717) is 0 Å². The zero-order valence-electron chi connectivity index (χ0n) is 8.14. The number of nitrogens with two attached hydrogens (primary N) is 1. The second kappa shape index (κ2) is 5.61. The molecule has 0 saturated heterocycles. The fourth-order valence-corrected chi connectivity index (χ4v) is 1.16. The lowest BCUT2D eigenvalue weighted by atomic mass is 10.3. The van der Waals surface area contributed by atoms with Gasteiger partial charge in [-0.3, -0.25) is 5.32 Å². The molecule has 0 spiro atoms. The predicted octanol–water partition coefficient (Wildman–Crippen LogP) is -1.44. The van der Waals surface area contributed by atoms with E-state index in [1.54, 1.807) is 17.6 Å². The molecule has 0 heterocycles. The molecule has 0 bridgehead atoms. The maximum atomic E-state index is 10.0. The number of nitrogens with zero attached hydrogens (tertiary/aromatic N) is 1. The average Bonchev–Trinajstić information content (AvgIpc) is 2.17. The molecule has 16 heavy (non-hydrogen) atoms. The Morgan fingerprint density at radius 2 is 2.06 bits per heavy atom. The van der Waals surface area contributed by atoms with Crippen molar-refractivity contribution in [2.45, 2.75) is 0 Å². The van der Waals surface area contributed by atoms with E-state index in [2.05, 4.69) is 10.3 Å². The second-order valence-electron chi connectivity index (χ2n) is 2.73. The Morgan fingerprint density at radius 1 is 1.44 bits per heavy atom. The predicted molar refractivity (Wildman–Crippen MR) is 62.9 cm³/mol. The van der Waals surface area contributed by atoms with Gasteiger partial charge in [-0.25, -0.2) is 15.1 Å². The third kappa shape index (κ3) is 4.33. The molecule has 1 aromatic rings.